The van der Waals surface area contributed by atoms with E-state index in [-0.39, 0.29) is 29.2 Å². The molecule has 0 saturated heterocycles. The number of nitrogens with one attached hydrogen (secondary N) is 1. The maximum atomic E-state index is 11.8. The highest BCUT2D eigenvalue weighted by Gasteiger charge is 2.18. The average Bonchev–Trinajstić information content (AvgIpc) is 2.38. The summed E-state index contributed by atoms with van der Waals surface area (Å²) in [5.41, 5.74) is -0.245. The molecule has 0 aliphatic carbocycles. The summed E-state index contributed by atoms with van der Waals surface area (Å²) < 4.78 is 30.7. The molecule has 1 aromatic carbocycles. The molecule has 0 radical (unpaired) electrons. The van der Waals surface area contributed by atoms with Crippen LogP contribution in [0.15, 0.2) is 23.1 Å². The fourth-order valence-corrected chi connectivity index (χ4v) is 2.40. The smallest absolute Gasteiger partial charge is 0.339 e. The number of methoxy groups -OCH3 is 1. The van der Waals surface area contributed by atoms with Crippen molar-refractivity contribution in [2.75, 3.05) is 13.7 Å². The zero-order valence-electron chi connectivity index (χ0n) is 10.1. The Labute approximate surface area is 110 Å². The van der Waals surface area contributed by atoms with E-state index in [1.54, 1.807) is 6.07 Å². The van der Waals surface area contributed by atoms with E-state index in [0.717, 1.165) is 6.07 Å². The minimum Gasteiger partial charge on any atom is -0.496 e. The molecule has 0 aliphatic rings. The van der Waals surface area contributed by atoms with Gasteiger partial charge in [0.05, 0.1) is 18.1 Å². The van der Waals surface area contributed by atoms with Crippen molar-refractivity contribution in [1.29, 1.82) is 5.26 Å². The van der Waals surface area contributed by atoms with Crippen LogP contribution in [0.1, 0.15) is 16.8 Å². The van der Waals surface area contributed by atoms with Gasteiger partial charge in [0.25, 0.3) is 0 Å². The van der Waals surface area contributed by atoms with Crippen molar-refractivity contribution in [1.82, 2.24) is 4.72 Å². The Hall–Kier alpha value is -2.11. The number of carboxylic acids is 1. The quantitative estimate of drug-likeness (QED) is 0.738. The third kappa shape index (κ3) is 3.67. The normalized spacial score (nSPS) is 10.7. The molecule has 19 heavy (non-hydrogen) atoms. The third-order valence-corrected chi connectivity index (χ3v) is 3.70. The molecular weight excluding hydrogens is 272 g/mol. The summed E-state index contributed by atoms with van der Waals surface area (Å²) in [7, 11) is -2.54. The largest absolute Gasteiger partial charge is 0.496 e. The van der Waals surface area contributed by atoms with Gasteiger partial charge in [0.1, 0.15) is 11.3 Å². The Morgan fingerprint density at radius 1 is 1.53 bits per heavy atom. The van der Waals surface area contributed by atoms with Gasteiger partial charge in [-0.15, -0.1) is 0 Å². The van der Waals surface area contributed by atoms with Gasteiger partial charge < -0.3 is 9.84 Å². The molecule has 0 unspecified atom stereocenters. The number of carbonyl (C=O) groups is 1. The molecule has 0 atom stereocenters. The molecule has 0 aliphatic heterocycles. The van der Waals surface area contributed by atoms with Crippen LogP contribution in [0, 0.1) is 11.3 Å². The topological polar surface area (TPSA) is 116 Å². The Morgan fingerprint density at radius 3 is 2.74 bits per heavy atom. The lowest BCUT2D eigenvalue weighted by atomic mass is 10.2. The molecule has 0 saturated carbocycles. The van der Waals surface area contributed by atoms with Gasteiger partial charge in [-0.05, 0) is 18.2 Å². The molecule has 8 heteroatoms. The minimum atomic E-state index is -3.83. The van der Waals surface area contributed by atoms with Crippen molar-refractivity contribution >= 4 is 16.0 Å². The maximum absolute atomic E-state index is 11.8. The lowest BCUT2D eigenvalue weighted by molar-refractivity contribution is 0.0693. The summed E-state index contributed by atoms with van der Waals surface area (Å²) in [4.78, 5) is 10.8. The molecule has 0 spiro atoms. The van der Waals surface area contributed by atoms with Gasteiger partial charge in [0, 0.05) is 13.0 Å². The first-order chi connectivity index (χ1) is 8.92. The first kappa shape index (κ1) is 14.9. The first-order valence-electron chi connectivity index (χ1n) is 5.20. The van der Waals surface area contributed by atoms with Crippen LogP contribution in [-0.4, -0.2) is 33.1 Å². The number of nitriles is 1. The second-order valence-corrected chi connectivity index (χ2v) is 5.24. The van der Waals surface area contributed by atoms with E-state index < -0.39 is 16.0 Å². The van der Waals surface area contributed by atoms with Crippen molar-refractivity contribution in [2.24, 2.45) is 0 Å². The van der Waals surface area contributed by atoms with Crippen LogP contribution in [0.25, 0.3) is 0 Å². The first-order valence-corrected chi connectivity index (χ1v) is 6.68. The van der Waals surface area contributed by atoms with Crippen LogP contribution in [0.5, 0.6) is 5.75 Å². The number of aromatic carboxylic acids is 1. The van der Waals surface area contributed by atoms with Crippen LogP contribution in [0.4, 0.5) is 0 Å². The Morgan fingerprint density at radius 2 is 2.21 bits per heavy atom. The van der Waals surface area contributed by atoms with Gasteiger partial charge in [0.2, 0.25) is 10.0 Å². The van der Waals surface area contributed by atoms with Gasteiger partial charge in [-0.3, -0.25) is 0 Å². The van der Waals surface area contributed by atoms with E-state index >= 15 is 0 Å². The SMILES string of the molecule is COc1ccc(S(=O)(=O)NCCC#N)cc1C(=O)O. The van der Waals surface area contributed by atoms with Gasteiger partial charge in [0.15, 0.2) is 0 Å². The molecular formula is C11H12N2O5S. The lowest BCUT2D eigenvalue weighted by Gasteiger charge is -2.09. The Kier molecular flexibility index (Phi) is 4.86. The number of hydrogen-bond donors (Lipinski definition) is 2. The van der Waals surface area contributed by atoms with Gasteiger partial charge >= 0.3 is 5.97 Å². The summed E-state index contributed by atoms with van der Waals surface area (Å²) >= 11 is 0. The molecule has 102 valence electrons. The van der Waals surface area contributed by atoms with Crippen LogP contribution < -0.4 is 9.46 Å². The minimum absolute atomic E-state index is 0.0289. The lowest BCUT2D eigenvalue weighted by Crippen LogP contribution is -2.24. The van der Waals surface area contributed by atoms with E-state index in [9.17, 15) is 13.2 Å². The van der Waals surface area contributed by atoms with Crippen LogP contribution in [0.2, 0.25) is 0 Å². The highest BCUT2D eigenvalue weighted by Crippen LogP contribution is 2.22. The zero-order chi connectivity index (χ0) is 14.5. The molecule has 0 aromatic heterocycles. The highest BCUT2D eigenvalue weighted by molar-refractivity contribution is 7.89. The van der Waals surface area contributed by atoms with Crippen molar-refractivity contribution < 1.29 is 23.1 Å². The zero-order valence-corrected chi connectivity index (χ0v) is 10.9. The molecule has 0 bridgehead atoms. The van der Waals surface area contributed by atoms with E-state index in [1.807, 2.05) is 0 Å². The Balaban J connectivity index is 3.12. The van der Waals surface area contributed by atoms with E-state index in [4.69, 9.17) is 15.1 Å². The second kappa shape index (κ2) is 6.17. The average molecular weight is 284 g/mol. The van der Waals surface area contributed by atoms with Crippen LogP contribution in [0.3, 0.4) is 0 Å². The molecule has 2 N–H and O–H groups in total. The predicted molar refractivity (Wildman–Crippen MR) is 65.4 cm³/mol. The molecule has 0 fully saturated rings. The summed E-state index contributed by atoms with van der Waals surface area (Å²) in [5, 5.41) is 17.3. The summed E-state index contributed by atoms with van der Waals surface area (Å²) in [6.07, 6.45) is 0.0289. The van der Waals surface area contributed by atoms with Gasteiger partial charge in [-0.25, -0.2) is 17.9 Å². The highest BCUT2D eigenvalue weighted by atomic mass is 32.2. The number of carboxylic acid groups (broad SMARTS) is 1. The molecule has 0 amide bonds. The van der Waals surface area contributed by atoms with Crippen LogP contribution in [-0.2, 0) is 10.0 Å². The number of sulfonamides is 1. The van der Waals surface area contributed by atoms with Crippen molar-refractivity contribution in [3.63, 3.8) is 0 Å². The second-order valence-electron chi connectivity index (χ2n) is 3.47. The molecule has 0 heterocycles. The maximum Gasteiger partial charge on any atom is 0.339 e. The van der Waals surface area contributed by atoms with Crippen molar-refractivity contribution in [3.8, 4) is 11.8 Å². The number of ether oxygens (including phenoxy) is 1. The molecule has 1 rings (SSSR count). The van der Waals surface area contributed by atoms with Gasteiger partial charge in [-0.1, -0.05) is 0 Å². The van der Waals surface area contributed by atoms with Gasteiger partial charge in [-0.2, -0.15) is 5.26 Å². The van der Waals surface area contributed by atoms with E-state index in [1.165, 1.54) is 19.2 Å². The molecule has 7 nitrogen and oxygen atoms in total. The number of nitrogens with zero attached hydrogens (tertiary/aromatic N) is 1. The Bertz CT molecular complexity index is 618. The summed E-state index contributed by atoms with van der Waals surface area (Å²) in [5.74, 6) is -1.21. The van der Waals surface area contributed by atoms with Crippen molar-refractivity contribution in [3.05, 3.63) is 23.8 Å². The van der Waals surface area contributed by atoms with Crippen LogP contribution >= 0.6 is 0 Å². The fraction of sp³-hybridized carbons (Fsp3) is 0.273. The standard InChI is InChI=1S/C11H12N2O5S/c1-18-10-4-3-8(7-9(10)11(14)15)19(16,17)13-6-2-5-12/h3-4,7,13H,2,6H2,1H3,(H,14,15). The summed E-state index contributed by atoms with van der Waals surface area (Å²) in [6, 6.07) is 5.31. The third-order valence-electron chi connectivity index (χ3n) is 2.24. The monoisotopic (exact) mass is 284 g/mol. The van der Waals surface area contributed by atoms with E-state index in [0.29, 0.717) is 0 Å². The van der Waals surface area contributed by atoms with Crippen molar-refractivity contribution in [2.45, 2.75) is 11.3 Å². The number of hydrogen-bond acceptors (Lipinski definition) is 5. The number of benzene rings is 1. The predicted octanol–water partition coefficient (Wildman–Crippen LogP) is 0.585. The number of rotatable bonds is 6. The molecule has 1 aromatic rings. The van der Waals surface area contributed by atoms with E-state index in [2.05, 4.69) is 4.72 Å². The fourth-order valence-electron chi connectivity index (χ4n) is 1.35. The summed E-state index contributed by atoms with van der Waals surface area (Å²) in [6.45, 7) is -0.0345.